The second-order valence-electron chi connectivity index (χ2n) is 12.6. The van der Waals surface area contributed by atoms with Gasteiger partial charge >= 0.3 is 0 Å². The summed E-state index contributed by atoms with van der Waals surface area (Å²) in [7, 11) is 0. The highest BCUT2D eigenvalue weighted by Gasteiger charge is 2.19. The van der Waals surface area contributed by atoms with Crippen LogP contribution in [0.25, 0.3) is 44.2 Å². The Hall–Kier alpha value is -5.50. The van der Waals surface area contributed by atoms with Crippen molar-refractivity contribution in [1.82, 2.24) is 19.5 Å². The molecule has 0 saturated carbocycles. The molecule has 3 aromatic carbocycles. The summed E-state index contributed by atoms with van der Waals surface area (Å²) in [6.07, 6.45) is 6.09. The fourth-order valence-corrected chi connectivity index (χ4v) is 5.98. The Morgan fingerprint density at radius 1 is 0.958 bits per heavy atom. The van der Waals surface area contributed by atoms with Crippen molar-refractivity contribution < 1.29 is 9.21 Å². The van der Waals surface area contributed by atoms with Gasteiger partial charge in [-0.1, -0.05) is 74.9 Å². The summed E-state index contributed by atoms with van der Waals surface area (Å²) in [5.74, 6) is 1.13. The van der Waals surface area contributed by atoms with Crippen LogP contribution in [0.2, 0.25) is 0 Å². The maximum absolute atomic E-state index is 13.5. The smallest absolute Gasteiger partial charge is 0.277 e. The highest BCUT2D eigenvalue weighted by molar-refractivity contribution is 6.05. The van der Waals surface area contributed by atoms with Crippen LogP contribution in [-0.4, -0.2) is 25.3 Å². The number of ketones is 1. The average Bonchev–Trinajstić information content (AvgIpc) is 3.68. The van der Waals surface area contributed by atoms with Gasteiger partial charge in [0, 0.05) is 51.4 Å². The number of para-hydroxylation sites is 1. The first-order chi connectivity index (χ1) is 23.2. The third-order valence-electron chi connectivity index (χ3n) is 8.77. The van der Waals surface area contributed by atoms with Gasteiger partial charge in [0.05, 0.1) is 12.2 Å². The summed E-state index contributed by atoms with van der Waals surface area (Å²) < 4.78 is 7.39. The number of aromatic amines is 1. The Labute approximate surface area is 279 Å². The molecule has 0 amide bonds. The molecule has 48 heavy (non-hydrogen) atoms. The van der Waals surface area contributed by atoms with Crippen LogP contribution in [0.3, 0.4) is 0 Å². The van der Waals surface area contributed by atoms with Crippen LogP contribution in [0.15, 0.2) is 107 Å². The minimum Gasteiger partial charge on any atom is -0.456 e. The highest BCUT2D eigenvalue weighted by atomic mass is 16.3. The van der Waals surface area contributed by atoms with E-state index in [-0.39, 0.29) is 23.9 Å². The summed E-state index contributed by atoms with van der Waals surface area (Å²) in [4.78, 5) is 37.7. The van der Waals surface area contributed by atoms with Crippen LogP contribution in [0.5, 0.6) is 0 Å². The molecule has 0 fully saturated rings. The van der Waals surface area contributed by atoms with Gasteiger partial charge < -0.3 is 14.7 Å². The summed E-state index contributed by atoms with van der Waals surface area (Å²) >= 11 is 0. The molecule has 7 rings (SSSR count). The van der Waals surface area contributed by atoms with Gasteiger partial charge in [0.2, 0.25) is 0 Å². The highest BCUT2D eigenvalue weighted by Crippen LogP contribution is 2.31. The van der Waals surface area contributed by atoms with Crippen LogP contribution in [0.4, 0.5) is 5.69 Å². The van der Waals surface area contributed by atoms with E-state index in [4.69, 9.17) is 9.40 Å². The van der Waals surface area contributed by atoms with Gasteiger partial charge in [0.15, 0.2) is 0 Å². The minimum atomic E-state index is -0.261. The summed E-state index contributed by atoms with van der Waals surface area (Å²) in [6.45, 7) is 9.77. The van der Waals surface area contributed by atoms with Crippen molar-refractivity contribution in [3.8, 4) is 11.4 Å². The van der Waals surface area contributed by atoms with E-state index >= 15 is 0 Å². The van der Waals surface area contributed by atoms with Crippen molar-refractivity contribution in [1.29, 1.82) is 0 Å². The van der Waals surface area contributed by atoms with Crippen LogP contribution < -0.4 is 10.9 Å². The van der Waals surface area contributed by atoms with Gasteiger partial charge in [-0.15, -0.1) is 0 Å². The van der Waals surface area contributed by atoms with E-state index in [1.54, 1.807) is 0 Å². The fraction of sp³-hybridized carbons (Fsp3) is 0.250. The molecule has 2 atom stereocenters. The first kappa shape index (κ1) is 32.4. The lowest BCUT2D eigenvalue weighted by atomic mass is 10.0. The monoisotopic (exact) mass is 639 g/mol. The molecule has 0 radical (unpaired) electrons. The number of nitrogens with zero attached hydrogens (tertiary/aromatic N) is 3. The first-order valence-electron chi connectivity index (χ1n) is 16.5. The summed E-state index contributed by atoms with van der Waals surface area (Å²) in [5.41, 5.74) is 6.72. The predicted molar refractivity (Wildman–Crippen MR) is 194 cm³/mol. The van der Waals surface area contributed by atoms with Gasteiger partial charge in [-0.05, 0) is 69.0 Å². The SMILES string of the molecule is CC(=O)Cn1c(-c2ccccc2)nc(C)c(NC(C)c2ccc3oc4ccccc4c3c2)c1=O.CCC(C)Cc1cc2cnccc2[nH]1. The van der Waals surface area contributed by atoms with Gasteiger partial charge in [0.25, 0.3) is 5.56 Å². The number of anilines is 1. The minimum absolute atomic E-state index is 0.0353. The molecular formula is C40H41N5O3. The van der Waals surface area contributed by atoms with E-state index < -0.39 is 0 Å². The molecule has 0 aliphatic carbocycles. The van der Waals surface area contributed by atoms with E-state index in [0.29, 0.717) is 17.2 Å². The number of nitrogens with one attached hydrogen (secondary N) is 2. The van der Waals surface area contributed by atoms with Crippen molar-refractivity contribution >= 4 is 44.3 Å². The number of carbonyl (C=O) groups excluding carboxylic acids is 1. The molecule has 8 nitrogen and oxygen atoms in total. The van der Waals surface area contributed by atoms with Gasteiger partial charge in [0.1, 0.15) is 28.5 Å². The summed E-state index contributed by atoms with van der Waals surface area (Å²) in [5, 5.41) is 6.66. The van der Waals surface area contributed by atoms with E-state index in [1.165, 1.54) is 34.5 Å². The lowest BCUT2D eigenvalue weighted by Gasteiger charge is -2.20. The molecule has 4 heterocycles. The lowest BCUT2D eigenvalue weighted by molar-refractivity contribution is -0.117. The van der Waals surface area contributed by atoms with Gasteiger partial charge in [-0.25, -0.2) is 4.98 Å². The number of benzene rings is 3. The third-order valence-corrected chi connectivity index (χ3v) is 8.77. The van der Waals surface area contributed by atoms with Crippen molar-refractivity contribution in [2.45, 2.75) is 60.0 Å². The van der Waals surface area contributed by atoms with E-state index in [1.807, 2.05) is 99.0 Å². The molecule has 0 saturated heterocycles. The number of rotatable bonds is 9. The molecule has 0 spiro atoms. The molecule has 2 N–H and O–H groups in total. The molecule has 2 unspecified atom stereocenters. The Bertz CT molecular complexity index is 2230. The number of hydrogen-bond acceptors (Lipinski definition) is 6. The number of pyridine rings is 1. The van der Waals surface area contributed by atoms with Crippen LogP contribution in [0, 0.1) is 12.8 Å². The van der Waals surface area contributed by atoms with Crippen LogP contribution in [-0.2, 0) is 17.8 Å². The number of aryl methyl sites for hydroxylation is 1. The number of aromatic nitrogens is 4. The third kappa shape index (κ3) is 6.93. The molecular weight excluding hydrogens is 598 g/mol. The predicted octanol–water partition coefficient (Wildman–Crippen LogP) is 9.03. The molecule has 244 valence electrons. The maximum atomic E-state index is 13.5. The summed E-state index contributed by atoms with van der Waals surface area (Å²) in [6, 6.07) is 27.5. The lowest BCUT2D eigenvalue weighted by Crippen LogP contribution is -2.30. The number of carbonyl (C=O) groups is 1. The maximum Gasteiger partial charge on any atom is 0.277 e. The first-order valence-corrected chi connectivity index (χ1v) is 16.5. The number of fused-ring (bicyclic) bond motifs is 4. The van der Waals surface area contributed by atoms with Crippen molar-refractivity contribution in [3.63, 3.8) is 0 Å². The van der Waals surface area contributed by atoms with Crippen molar-refractivity contribution in [2.24, 2.45) is 5.92 Å². The Morgan fingerprint density at radius 2 is 1.71 bits per heavy atom. The quantitative estimate of drug-likeness (QED) is 0.163. The standard InChI is InChI=1S/C28H25N3O3.C12H16N2/c1-17(32)16-31-27(20-9-5-4-6-10-20)30-19(3)26(28(31)33)29-18(2)21-13-14-25-23(15-21)22-11-7-8-12-24(22)34-25;1-3-9(2)6-11-7-10-8-13-5-4-12(10)14-11/h4-15,18,29H,16H2,1-3H3;4-5,7-9,14H,3,6H2,1-2H3. The second kappa shape index (κ2) is 14.1. The average molecular weight is 640 g/mol. The zero-order valence-electron chi connectivity index (χ0n) is 28.1. The molecule has 4 aromatic heterocycles. The fourth-order valence-electron chi connectivity index (χ4n) is 5.98. The normalized spacial score (nSPS) is 12.5. The van der Waals surface area contributed by atoms with E-state index in [2.05, 4.69) is 41.3 Å². The topological polar surface area (TPSA) is 106 Å². The Balaban J connectivity index is 0.000000239. The second-order valence-corrected chi connectivity index (χ2v) is 12.6. The molecule has 0 aliphatic heterocycles. The number of H-pyrrole nitrogens is 1. The van der Waals surface area contributed by atoms with E-state index in [9.17, 15) is 9.59 Å². The molecule has 7 aromatic rings. The van der Waals surface area contributed by atoms with Gasteiger partial charge in [-0.2, -0.15) is 0 Å². The number of hydrogen-bond donors (Lipinski definition) is 2. The number of furan rings is 1. The Kier molecular flexibility index (Phi) is 9.52. The zero-order valence-corrected chi connectivity index (χ0v) is 28.1. The molecule has 0 bridgehead atoms. The molecule has 0 aliphatic rings. The van der Waals surface area contributed by atoms with Crippen LogP contribution >= 0.6 is 0 Å². The Morgan fingerprint density at radius 3 is 2.46 bits per heavy atom. The van der Waals surface area contributed by atoms with Gasteiger partial charge in [-0.3, -0.25) is 19.1 Å². The largest absolute Gasteiger partial charge is 0.456 e. The van der Waals surface area contributed by atoms with E-state index in [0.717, 1.165) is 45.4 Å². The van der Waals surface area contributed by atoms with Crippen LogP contribution in [0.1, 0.15) is 57.1 Å². The zero-order chi connectivity index (χ0) is 33.8. The molecule has 8 heteroatoms. The van der Waals surface area contributed by atoms with Crippen molar-refractivity contribution in [2.75, 3.05) is 5.32 Å². The van der Waals surface area contributed by atoms with Crippen molar-refractivity contribution in [3.05, 3.63) is 125 Å². The number of Topliss-reactive ketones (excluding diaryl/α,β-unsaturated/α-hetero) is 1.